The van der Waals surface area contributed by atoms with Gasteiger partial charge in [0.15, 0.2) is 6.61 Å². The van der Waals surface area contributed by atoms with Gasteiger partial charge in [-0.15, -0.1) is 0 Å². The molecule has 0 radical (unpaired) electrons. The van der Waals surface area contributed by atoms with Crippen LogP contribution in [0.25, 0.3) is 11.1 Å². The Kier molecular flexibility index (Phi) is 10.7. The van der Waals surface area contributed by atoms with Crippen LogP contribution < -0.4 is 19.3 Å². The Labute approximate surface area is 299 Å². The van der Waals surface area contributed by atoms with Crippen molar-refractivity contribution in [1.29, 1.82) is 0 Å². The molecule has 0 aromatic heterocycles. The highest BCUT2D eigenvalue weighted by Gasteiger charge is 2.44. The predicted octanol–water partition coefficient (Wildman–Crippen LogP) is 6.58. The number of piperidine rings is 1. The van der Waals surface area contributed by atoms with Gasteiger partial charge in [-0.05, 0) is 99.4 Å². The molecule has 270 valence electrons. The van der Waals surface area contributed by atoms with Crippen LogP contribution in [0, 0.1) is 5.92 Å². The fraction of sp³-hybridized carbons (Fsp3) is 0.450. The summed E-state index contributed by atoms with van der Waals surface area (Å²) in [5.74, 6) is -0.316. The molecule has 2 heterocycles. The Morgan fingerprint density at radius 2 is 1.71 bits per heavy atom. The highest BCUT2D eigenvalue weighted by Crippen LogP contribution is 2.43. The van der Waals surface area contributed by atoms with Crippen LogP contribution in [0.2, 0.25) is 0 Å². The number of hydrogen-bond acceptors (Lipinski definition) is 8. The van der Waals surface area contributed by atoms with Gasteiger partial charge in [0.05, 0.1) is 11.6 Å². The number of nitrogens with zero attached hydrogens (tertiary/aromatic N) is 3. The SMILES string of the molecule is COCCCN1C(=O)COc2ccc(N(C(=O)[C@H]3CN(C(=O)OC(C)(C)C)CC[C@@H]3c3cccc(-c4cccc(OC(C)=O)c4)c3)C3CC3)cc21. The van der Waals surface area contributed by atoms with Gasteiger partial charge in [0.2, 0.25) is 5.91 Å². The average molecular weight is 698 g/mol. The van der Waals surface area contributed by atoms with Crippen molar-refractivity contribution in [1.82, 2.24) is 4.90 Å². The number of ether oxygens (including phenoxy) is 4. The summed E-state index contributed by atoms with van der Waals surface area (Å²) in [5.41, 5.74) is 3.44. The number of fused-ring (bicyclic) bond motifs is 1. The van der Waals surface area contributed by atoms with Crippen molar-refractivity contribution in [3.05, 3.63) is 72.3 Å². The average Bonchev–Trinajstić information content (AvgIpc) is 3.93. The molecule has 2 aliphatic heterocycles. The molecule has 3 aromatic carbocycles. The molecule has 3 aromatic rings. The monoisotopic (exact) mass is 697 g/mol. The van der Waals surface area contributed by atoms with Gasteiger partial charge in [0.1, 0.15) is 17.1 Å². The first kappa shape index (κ1) is 35.9. The molecule has 6 rings (SSSR count). The van der Waals surface area contributed by atoms with Gasteiger partial charge in [0, 0.05) is 52.0 Å². The van der Waals surface area contributed by atoms with Crippen LogP contribution in [0.3, 0.4) is 0 Å². The molecule has 2 atom stereocenters. The minimum Gasteiger partial charge on any atom is -0.482 e. The van der Waals surface area contributed by atoms with E-state index >= 15 is 4.79 Å². The first-order chi connectivity index (χ1) is 24.4. The molecule has 11 heteroatoms. The van der Waals surface area contributed by atoms with Gasteiger partial charge in [-0.1, -0.05) is 36.4 Å². The highest BCUT2D eigenvalue weighted by molar-refractivity contribution is 6.01. The van der Waals surface area contributed by atoms with Gasteiger partial charge in [0.25, 0.3) is 5.91 Å². The minimum atomic E-state index is -0.680. The number of rotatable bonds is 10. The minimum absolute atomic E-state index is 0.00519. The fourth-order valence-electron chi connectivity index (χ4n) is 6.93. The first-order valence-corrected chi connectivity index (χ1v) is 17.7. The molecular formula is C40H47N3O8. The van der Waals surface area contributed by atoms with E-state index in [4.69, 9.17) is 18.9 Å². The first-order valence-electron chi connectivity index (χ1n) is 17.7. The number of methoxy groups -OCH3 is 1. The number of amides is 3. The number of anilines is 2. The standard InChI is InChI=1S/C40H47N3O8/c1-26(44)50-32-12-7-10-28(22-32)27-9-6-11-29(21-27)33-17-19-41(39(47)51-40(2,3)4)24-34(33)38(46)43(30-13-14-30)31-15-16-36-35(23-31)42(18-8-20-48-5)37(45)25-49-36/h6-7,9-12,15-16,21-23,30,33-34H,8,13-14,17-20,24-25H2,1-5H3/t33-,34+/m1/s1. The summed E-state index contributed by atoms with van der Waals surface area (Å²) in [4.78, 5) is 58.2. The van der Waals surface area contributed by atoms with Crippen LogP contribution in [0.5, 0.6) is 11.5 Å². The van der Waals surface area contributed by atoms with Crippen LogP contribution in [-0.2, 0) is 23.9 Å². The largest absolute Gasteiger partial charge is 0.482 e. The second-order valence-electron chi connectivity index (χ2n) is 14.4. The lowest BCUT2D eigenvalue weighted by molar-refractivity contribution is -0.132. The van der Waals surface area contributed by atoms with Gasteiger partial charge in [-0.3, -0.25) is 14.4 Å². The number of carbonyl (C=O) groups is 4. The Balaban J connectivity index is 1.35. The molecule has 0 unspecified atom stereocenters. The second-order valence-corrected chi connectivity index (χ2v) is 14.4. The van der Waals surface area contributed by atoms with Crippen LogP contribution in [0.4, 0.5) is 16.2 Å². The summed E-state index contributed by atoms with van der Waals surface area (Å²) in [6.07, 6.45) is 2.50. The zero-order chi connectivity index (χ0) is 36.3. The maximum atomic E-state index is 15.0. The van der Waals surface area contributed by atoms with Crippen molar-refractivity contribution >= 4 is 35.3 Å². The number of hydrogen-bond donors (Lipinski definition) is 0. The van der Waals surface area contributed by atoms with E-state index in [1.807, 2.05) is 80.3 Å². The second kappa shape index (κ2) is 15.1. The van der Waals surface area contributed by atoms with E-state index < -0.39 is 23.6 Å². The molecular weight excluding hydrogens is 650 g/mol. The molecule has 51 heavy (non-hydrogen) atoms. The summed E-state index contributed by atoms with van der Waals surface area (Å²) in [7, 11) is 1.63. The zero-order valence-corrected chi connectivity index (χ0v) is 30.1. The molecule has 1 aliphatic carbocycles. The highest BCUT2D eigenvalue weighted by atomic mass is 16.6. The van der Waals surface area contributed by atoms with Crippen LogP contribution in [0.15, 0.2) is 66.7 Å². The number of benzene rings is 3. The summed E-state index contributed by atoms with van der Waals surface area (Å²) in [5, 5.41) is 0. The Bertz CT molecular complexity index is 1780. The van der Waals surface area contributed by atoms with Crippen molar-refractivity contribution in [2.24, 2.45) is 5.92 Å². The van der Waals surface area contributed by atoms with E-state index in [-0.39, 0.29) is 36.9 Å². The number of esters is 1. The summed E-state index contributed by atoms with van der Waals surface area (Å²) in [6, 6.07) is 21.1. The van der Waals surface area contributed by atoms with Crippen molar-refractivity contribution in [3.8, 4) is 22.6 Å². The molecule has 1 saturated heterocycles. The van der Waals surface area contributed by atoms with Gasteiger partial charge < -0.3 is 33.6 Å². The molecule has 11 nitrogen and oxygen atoms in total. The van der Waals surface area contributed by atoms with E-state index in [1.165, 1.54) is 6.92 Å². The van der Waals surface area contributed by atoms with Crippen LogP contribution >= 0.6 is 0 Å². The number of carbonyl (C=O) groups excluding carboxylic acids is 4. The van der Waals surface area contributed by atoms with Gasteiger partial charge >= 0.3 is 12.1 Å². The van der Waals surface area contributed by atoms with E-state index in [0.29, 0.717) is 55.4 Å². The molecule has 2 fully saturated rings. The van der Waals surface area contributed by atoms with Crippen molar-refractivity contribution < 1.29 is 38.1 Å². The molecule has 1 saturated carbocycles. The van der Waals surface area contributed by atoms with Gasteiger partial charge in [-0.2, -0.15) is 0 Å². The maximum absolute atomic E-state index is 15.0. The normalized spacial score (nSPS) is 18.8. The van der Waals surface area contributed by atoms with Crippen molar-refractivity contribution in [3.63, 3.8) is 0 Å². The van der Waals surface area contributed by atoms with Crippen LogP contribution in [0.1, 0.15) is 64.9 Å². The lowest BCUT2D eigenvalue weighted by Crippen LogP contribution is -2.51. The van der Waals surface area contributed by atoms with E-state index in [1.54, 1.807) is 23.0 Å². The quantitative estimate of drug-likeness (QED) is 0.133. The van der Waals surface area contributed by atoms with Crippen LogP contribution in [-0.4, -0.2) is 80.4 Å². The smallest absolute Gasteiger partial charge is 0.410 e. The topological polar surface area (TPSA) is 115 Å². The molecule has 0 N–H and O–H groups in total. The zero-order valence-electron chi connectivity index (χ0n) is 30.1. The third-order valence-corrected chi connectivity index (χ3v) is 9.37. The van der Waals surface area contributed by atoms with E-state index in [2.05, 4.69) is 6.07 Å². The number of likely N-dealkylation sites (tertiary alicyclic amines) is 1. The summed E-state index contributed by atoms with van der Waals surface area (Å²) in [6.45, 7) is 8.46. The Morgan fingerprint density at radius 1 is 0.961 bits per heavy atom. The van der Waals surface area contributed by atoms with Crippen molar-refractivity contribution in [2.45, 2.75) is 70.9 Å². The van der Waals surface area contributed by atoms with E-state index in [9.17, 15) is 14.4 Å². The lowest BCUT2D eigenvalue weighted by atomic mass is 9.78. The molecule has 0 spiro atoms. The van der Waals surface area contributed by atoms with E-state index in [0.717, 1.165) is 29.5 Å². The maximum Gasteiger partial charge on any atom is 0.410 e. The van der Waals surface area contributed by atoms with Gasteiger partial charge in [-0.25, -0.2) is 4.79 Å². The third kappa shape index (κ3) is 8.53. The summed E-state index contributed by atoms with van der Waals surface area (Å²) >= 11 is 0. The molecule has 0 bridgehead atoms. The molecule has 3 aliphatic rings. The third-order valence-electron chi connectivity index (χ3n) is 9.37. The fourth-order valence-corrected chi connectivity index (χ4v) is 6.93. The Morgan fingerprint density at radius 3 is 2.41 bits per heavy atom. The molecule has 3 amide bonds. The lowest BCUT2D eigenvalue weighted by Gasteiger charge is -2.41. The van der Waals surface area contributed by atoms with Crippen molar-refractivity contribution in [2.75, 3.05) is 49.8 Å². The summed E-state index contributed by atoms with van der Waals surface area (Å²) < 4.78 is 22.1. The predicted molar refractivity (Wildman–Crippen MR) is 193 cm³/mol. The Hall–Kier alpha value is -4.90.